The van der Waals surface area contributed by atoms with Gasteiger partial charge in [-0.25, -0.2) is 24.0 Å². The summed E-state index contributed by atoms with van der Waals surface area (Å²) in [6, 6.07) is 24.2. The molecule has 4 aromatic carbocycles. The summed E-state index contributed by atoms with van der Waals surface area (Å²) in [4.78, 5) is 60.1. The lowest BCUT2D eigenvalue weighted by atomic mass is 10.1. The molecule has 0 aliphatic heterocycles. The van der Waals surface area contributed by atoms with E-state index in [9.17, 15) is 24.0 Å². The molecule has 0 aliphatic carbocycles. The molecule has 0 fully saturated rings. The summed E-state index contributed by atoms with van der Waals surface area (Å²) in [6.07, 6.45) is 3.56. The number of benzene rings is 4. The van der Waals surface area contributed by atoms with Gasteiger partial charge in [0.25, 0.3) is 0 Å². The molecule has 0 saturated heterocycles. The summed E-state index contributed by atoms with van der Waals surface area (Å²) in [5.74, 6) is 9.15. The van der Waals surface area contributed by atoms with Crippen LogP contribution >= 0.6 is 0 Å². The minimum atomic E-state index is -1.16. The van der Waals surface area contributed by atoms with Gasteiger partial charge in [-0.1, -0.05) is 86.4 Å². The van der Waals surface area contributed by atoms with E-state index in [4.69, 9.17) is 23.7 Å². The molecule has 0 aliphatic rings. The first-order chi connectivity index (χ1) is 28.7. The van der Waals surface area contributed by atoms with Gasteiger partial charge in [0.05, 0.1) is 24.0 Å². The van der Waals surface area contributed by atoms with Crippen molar-refractivity contribution < 1.29 is 52.4 Å². The van der Waals surface area contributed by atoms with Crippen LogP contribution in [0.1, 0.15) is 59.7 Å². The third-order valence-corrected chi connectivity index (χ3v) is 7.80. The number of hydrogen-bond donors (Lipinski definition) is 0. The fourth-order valence-corrected chi connectivity index (χ4v) is 4.58. The molecule has 0 heterocycles. The number of esters is 4. The lowest BCUT2D eigenvalue weighted by Crippen LogP contribution is -2.16. The molecule has 0 amide bonds. The Hall–Kier alpha value is -8.15. The normalized spacial score (nSPS) is 10.1. The first kappa shape index (κ1) is 44.6. The van der Waals surface area contributed by atoms with Gasteiger partial charge in [-0.15, -0.1) is 0 Å². The highest BCUT2D eigenvalue weighted by Crippen LogP contribution is 2.36. The Bertz CT molecular complexity index is 2480. The Kier molecular flexibility index (Phi) is 16.3. The van der Waals surface area contributed by atoms with Gasteiger partial charge in [0.2, 0.25) is 0 Å². The molecule has 11 nitrogen and oxygen atoms in total. The van der Waals surface area contributed by atoms with Gasteiger partial charge in [0.15, 0.2) is 11.5 Å². The van der Waals surface area contributed by atoms with Crippen LogP contribution in [0, 0.1) is 23.7 Å². The minimum Gasteiger partial charge on any atom is -0.496 e. The third-order valence-electron chi connectivity index (χ3n) is 7.80. The van der Waals surface area contributed by atoms with E-state index in [-0.39, 0.29) is 52.7 Å². The predicted molar refractivity (Wildman–Crippen MR) is 224 cm³/mol. The van der Waals surface area contributed by atoms with Gasteiger partial charge >= 0.3 is 30.0 Å². The fourth-order valence-electron chi connectivity index (χ4n) is 4.58. The van der Waals surface area contributed by atoms with Crippen molar-refractivity contribution in [3.63, 3.8) is 0 Å². The summed E-state index contributed by atoms with van der Waals surface area (Å²) in [5.41, 5.74) is 4.82. The second-order valence-electron chi connectivity index (χ2n) is 12.9. The summed E-state index contributed by atoms with van der Waals surface area (Å²) >= 11 is 0. The molecule has 4 rings (SSSR count). The van der Waals surface area contributed by atoms with Crippen LogP contribution < -0.4 is 14.2 Å². The van der Waals surface area contributed by atoms with E-state index in [0.29, 0.717) is 23.1 Å². The highest BCUT2D eigenvalue weighted by atomic mass is 16.7. The first-order valence-corrected chi connectivity index (χ1v) is 18.1. The van der Waals surface area contributed by atoms with Gasteiger partial charge in [0.1, 0.15) is 12.4 Å². The van der Waals surface area contributed by atoms with Gasteiger partial charge in [-0.05, 0) is 92.1 Å². The van der Waals surface area contributed by atoms with E-state index >= 15 is 0 Å². The zero-order valence-corrected chi connectivity index (χ0v) is 33.3. The van der Waals surface area contributed by atoms with Crippen molar-refractivity contribution in [2.24, 2.45) is 0 Å². The van der Waals surface area contributed by atoms with Gasteiger partial charge < -0.3 is 28.4 Å². The van der Waals surface area contributed by atoms with Crippen LogP contribution in [0.15, 0.2) is 140 Å². The van der Waals surface area contributed by atoms with Gasteiger partial charge in [0, 0.05) is 40.3 Å². The Morgan fingerprint density at radius 1 is 0.600 bits per heavy atom. The second-order valence-corrected chi connectivity index (χ2v) is 12.9. The van der Waals surface area contributed by atoms with E-state index in [0.717, 1.165) is 22.8 Å². The number of carbonyl (C=O) groups is 5. The van der Waals surface area contributed by atoms with Crippen molar-refractivity contribution in [3.05, 3.63) is 179 Å². The molecule has 4 aromatic rings. The Morgan fingerprint density at radius 2 is 1.13 bits per heavy atom. The molecule has 60 heavy (non-hydrogen) atoms. The average Bonchev–Trinajstić information content (AvgIpc) is 3.23. The Balaban J connectivity index is 1.47. The smallest absolute Gasteiger partial charge is 0.496 e. The molecule has 0 bridgehead atoms. The quantitative estimate of drug-likeness (QED) is 0.0230. The van der Waals surface area contributed by atoms with Crippen LogP contribution in [0.5, 0.6) is 17.2 Å². The van der Waals surface area contributed by atoms with E-state index < -0.39 is 30.0 Å². The summed E-state index contributed by atoms with van der Waals surface area (Å²) in [7, 11) is 0. The van der Waals surface area contributed by atoms with Crippen molar-refractivity contribution in [2.45, 2.75) is 33.8 Å². The van der Waals surface area contributed by atoms with Crippen molar-refractivity contribution in [1.82, 2.24) is 0 Å². The van der Waals surface area contributed by atoms with Crippen molar-refractivity contribution >= 4 is 36.1 Å². The van der Waals surface area contributed by atoms with Crippen LogP contribution in [-0.2, 0) is 46.4 Å². The molecular weight excluding hydrogens is 765 g/mol. The fraction of sp³-hybridized carbons (Fsp3) is 0.122. The topological polar surface area (TPSA) is 141 Å². The number of ether oxygens (including phenoxy) is 6. The van der Waals surface area contributed by atoms with Crippen molar-refractivity contribution in [2.75, 3.05) is 6.61 Å². The Labute approximate surface area is 348 Å². The standard InChI is InChI=1S/C49H40O11/c1-8-43(50)58-44-40(23-24-41(45(44)59-47(52)33(4)5)22-18-35-9-11-37(12-10-35)28-30-56-46(51)32(2)3)21-17-36-13-15-39(16-14-36)31-55-29-27-38-19-25-42(26-20-38)57-49(54)60-48(53)34(6)7/h8-16,19-20,23-27,29H,1-2,4,6,28,30-31H2,3,5,7H3. The van der Waals surface area contributed by atoms with E-state index in [1.54, 1.807) is 61.5 Å². The molecule has 0 radical (unpaired) electrons. The molecule has 0 saturated carbocycles. The molecule has 0 N–H and O–H groups in total. The molecule has 0 aromatic heterocycles. The maximum absolute atomic E-state index is 12.8. The minimum absolute atomic E-state index is 0.0711. The van der Waals surface area contributed by atoms with Gasteiger partial charge in [-0.3, -0.25) is 0 Å². The lowest BCUT2D eigenvalue weighted by Gasteiger charge is -2.13. The van der Waals surface area contributed by atoms with Crippen molar-refractivity contribution in [1.29, 1.82) is 0 Å². The van der Waals surface area contributed by atoms with Crippen LogP contribution in [0.4, 0.5) is 4.79 Å². The molecule has 0 unspecified atom stereocenters. The predicted octanol–water partition coefficient (Wildman–Crippen LogP) is 8.53. The first-order valence-electron chi connectivity index (χ1n) is 18.1. The third kappa shape index (κ3) is 14.1. The van der Waals surface area contributed by atoms with Crippen LogP contribution in [-0.4, -0.2) is 36.6 Å². The van der Waals surface area contributed by atoms with Crippen LogP contribution in [0.25, 0.3) is 6.08 Å². The van der Waals surface area contributed by atoms with E-state index in [1.807, 2.05) is 24.3 Å². The van der Waals surface area contributed by atoms with Crippen molar-refractivity contribution in [3.8, 4) is 40.9 Å². The summed E-state index contributed by atoms with van der Waals surface area (Å²) < 4.78 is 31.6. The maximum Gasteiger partial charge on any atom is 0.521 e. The van der Waals surface area contributed by atoms with E-state index in [2.05, 4.69) is 54.7 Å². The largest absolute Gasteiger partial charge is 0.521 e. The van der Waals surface area contributed by atoms with Crippen LogP contribution in [0.2, 0.25) is 0 Å². The SMILES string of the molecule is C=CC(=O)Oc1c(C#Cc2ccc(COC=Cc3ccc(OC(=O)OC(=O)C(=C)C)cc3)cc2)ccc(C#Cc2ccc(CCOC(=O)C(=C)C)cc2)c1OC(=O)C(=C)C. The zero-order valence-electron chi connectivity index (χ0n) is 33.3. The lowest BCUT2D eigenvalue weighted by molar-refractivity contribution is -0.139. The number of carbonyl (C=O) groups excluding carboxylic acids is 5. The summed E-state index contributed by atoms with van der Waals surface area (Å²) in [5, 5.41) is 0. The maximum atomic E-state index is 12.8. The Morgan fingerprint density at radius 3 is 1.67 bits per heavy atom. The summed E-state index contributed by atoms with van der Waals surface area (Å²) in [6.45, 7) is 19.1. The number of rotatable bonds is 14. The zero-order chi connectivity index (χ0) is 43.6. The van der Waals surface area contributed by atoms with E-state index in [1.165, 1.54) is 32.2 Å². The monoisotopic (exact) mass is 804 g/mol. The number of hydrogen-bond acceptors (Lipinski definition) is 11. The van der Waals surface area contributed by atoms with Gasteiger partial charge in [-0.2, -0.15) is 0 Å². The van der Waals surface area contributed by atoms with Crippen LogP contribution in [0.3, 0.4) is 0 Å². The molecule has 302 valence electrons. The molecule has 0 spiro atoms. The highest BCUT2D eigenvalue weighted by molar-refractivity contribution is 5.94. The molecular formula is C49H40O11. The average molecular weight is 805 g/mol. The highest BCUT2D eigenvalue weighted by Gasteiger charge is 2.21. The molecule has 0 atom stereocenters. The second kappa shape index (κ2) is 22.0. The molecule has 11 heteroatoms.